The molecule has 5 nitrogen and oxygen atoms in total. The van der Waals surface area contributed by atoms with Gasteiger partial charge in [0.1, 0.15) is 0 Å². The van der Waals surface area contributed by atoms with E-state index >= 15 is 0 Å². The van der Waals surface area contributed by atoms with E-state index in [0.29, 0.717) is 32.2 Å². The molecule has 0 unspecified atom stereocenters. The third-order valence-corrected chi connectivity index (χ3v) is 4.10. The van der Waals surface area contributed by atoms with Crippen molar-refractivity contribution in [3.8, 4) is 0 Å². The van der Waals surface area contributed by atoms with Gasteiger partial charge in [-0.1, -0.05) is 25.7 Å². The Morgan fingerprint density at radius 1 is 1.19 bits per heavy atom. The zero-order chi connectivity index (χ0) is 15.5. The zero-order valence-corrected chi connectivity index (χ0v) is 13.5. The van der Waals surface area contributed by atoms with E-state index < -0.39 is 0 Å². The maximum absolute atomic E-state index is 11.8. The molecular formula is C16H30N2O3. The molecule has 0 aliphatic heterocycles. The first-order valence-electron chi connectivity index (χ1n) is 8.18. The lowest BCUT2D eigenvalue weighted by Gasteiger charge is -2.30. The van der Waals surface area contributed by atoms with Crippen LogP contribution in [0.3, 0.4) is 0 Å². The standard InChI is InChI=1S/C16H30N2O3/c1-14(19)18(15-8-5-3-4-6-9-15)12-10-16(20)17-11-7-13-21-2/h15H,3-13H2,1-2H3,(H,17,20). The van der Waals surface area contributed by atoms with Crippen LogP contribution in [0, 0.1) is 0 Å². The van der Waals surface area contributed by atoms with Crippen molar-refractivity contribution in [3.05, 3.63) is 0 Å². The normalized spacial score (nSPS) is 16.3. The molecule has 122 valence electrons. The Labute approximate surface area is 128 Å². The van der Waals surface area contributed by atoms with Gasteiger partial charge in [-0.05, 0) is 19.3 Å². The van der Waals surface area contributed by atoms with Gasteiger partial charge in [0, 0.05) is 46.2 Å². The molecule has 0 saturated heterocycles. The minimum atomic E-state index is 0.0194. The highest BCUT2D eigenvalue weighted by Crippen LogP contribution is 2.22. The Bertz CT molecular complexity index is 313. The molecule has 1 aliphatic rings. The van der Waals surface area contributed by atoms with Gasteiger partial charge in [0.2, 0.25) is 11.8 Å². The third kappa shape index (κ3) is 7.46. The first-order valence-corrected chi connectivity index (χ1v) is 8.18. The predicted octanol–water partition coefficient (Wildman–Crippen LogP) is 2.10. The fraction of sp³-hybridized carbons (Fsp3) is 0.875. The highest BCUT2D eigenvalue weighted by molar-refractivity contribution is 5.78. The topological polar surface area (TPSA) is 58.6 Å². The van der Waals surface area contributed by atoms with E-state index in [9.17, 15) is 9.59 Å². The van der Waals surface area contributed by atoms with E-state index in [0.717, 1.165) is 19.3 Å². The lowest BCUT2D eigenvalue weighted by Crippen LogP contribution is -2.41. The average molecular weight is 298 g/mol. The van der Waals surface area contributed by atoms with Crippen molar-refractivity contribution in [1.82, 2.24) is 10.2 Å². The summed E-state index contributed by atoms with van der Waals surface area (Å²) in [6.45, 7) is 3.44. The van der Waals surface area contributed by atoms with Gasteiger partial charge in [0.05, 0.1) is 0 Å². The molecule has 1 saturated carbocycles. The summed E-state index contributed by atoms with van der Waals surface area (Å²) in [4.78, 5) is 25.5. The van der Waals surface area contributed by atoms with Gasteiger partial charge in [-0.25, -0.2) is 0 Å². The number of carbonyl (C=O) groups is 2. The molecular weight excluding hydrogens is 268 g/mol. The summed E-state index contributed by atoms with van der Waals surface area (Å²) >= 11 is 0. The van der Waals surface area contributed by atoms with Gasteiger partial charge < -0.3 is 15.0 Å². The molecule has 1 rings (SSSR count). The second-order valence-corrected chi connectivity index (χ2v) is 5.80. The van der Waals surface area contributed by atoms with E-state index in [4.69, 9.17) is 4.74 Å². The number of methoxy groups -OCH3 is 1. The zero-order valence-electron chi connectivity index (χ0n) is 13.5. The van der Waals surface area contributed by atoms with Crippen molar-refractivity contribution in [2.75, 3.05) is 26.8 Å². The monoisotopic (exact) mass is 298 g/mol. The first-order chi connectivity index (χ1) is 10.1. The molecule has 0 bridgehead atoms. The van der Waals surface area contributed by atoms with Crippen LogP contribution in [0.2, 0.25) is 0 Å². The van der Waals surface area contributed by atoms with Crippen molar-refractivity contribution < 1.29 is 14.3 Å². The van der Waals surface area contributed by atoms with Crippen molar-refractivity contribution in [3.63, 3.8) is 0 Å². The highest BCUT2D eigenvalue weighted by atomic mass is 16.5. The van der Waals surface area contributed by atoms with Crippen molar-refractivity contribution in [1.29, 1.82) is 0 Å². The summed E-state index contributed by atoms with van der Waals surface area (Å²) in [7, 11) is 1.65. The Hall–Kier alpha value is -1.10. The van der Waals surface area contributed by atoms with Gasteiger partial charge in [-0.3, -0.25) is 9.59 Å². The predicted molar refractivity (Wildman–Crippen MR) is 83.0 cm³/mol. The van der Waals surface area contributed by atoms with Crippen molar-refractivity contribution >= 4 is 11.8 Å². The van der Waals surface area contributed by atoms with E-state index in [1.165, 1.54) is 25.7 Å². The number of hydrogen-bond donors (Lipinski definition) is 1. The van der Waals surface area contributed by atoms with Crippen LogP contribution < -0.4 is 5.32 Å². The molecule has 0 heterocycles. The summed E-state index contributed by atoms with van der Waals surface area (Å²) in [6.07, 6.45) is 8.29. The van der Waals surface area contributed by atoms with E-state index in [1.807, 2.05) is 4.90 Å². The molecule has 0 radical (unpaired) electrons. The summed E-state index contributed by atoms with van der Waals surface area (Å²) in [5.41, 5.74) is 0. The summed E-state index contributed by atoms with van der Waals surface area (Å²) in [6, 6.07) is 0.325. The number of nitrogens with one attached hydrogen (secondary N) is 1. The number of rotatable bonds is 8. The fourth-order valence-corrected chi connectivity index (χ4v) is 2.92. The van der Waals surface area contributed by atoms with Crippen molar-refractivity contribution in [2.24, 2.45) is 0 Å². The molecule has 0 aromatic heterocycles. The summed E-state index contributed by atoms with van der Waals surface area (Å²) < 4.78 is 4.94. The summed E-state index contributed by atoms with van der Waals surface area (Å²) in [5, 5.41) is 2.87. The maximum Gasteiger partial charge on any atom is 0.221 e. The Morgan fingerprint density at radius 2 is 1.86 bits per heavy atom. The molecule has 1 N–H and O–H groups in total. The Balaban J connectivity index is 2.33. The van der Waals surface area contributed by atoms with Crippen LogP contribution in [0.15, 0.2) is 0 Å². The molecule has 0 atom stereocenters. The van der Waals surface area contributed by atoms with Crippen LogP contribution >= 0.6 is 0 Å². The SMILES string of the molecule is COCCCNC(=O)CCN(C(C)=O)C1CCCCCC1. The van der Waals surface area contributed by atoms with E-state index in [-0.39, 0.29) is 11.8 Å². The first kappa shape index (κ1) is 18.0. The smallest absolute Gasteiger partial charge is 0.221 e. The molecule has 0 spiro atoms. The minimum absolute atomic E-state index is 0.0194. The number of amides is 2. The average Bonchev–Trinajstić information content (AvgIpc) is 2.73. The summed E-state index contributed by atoms with van der Waals surface area (Å²) in [5.74, 6) is 0.111. The lowest BCUT2D eigenvalue weighted by atomic mass is 10.1. The molecule has 2 amide bonds. The molecule has 21 heavy (non-hydrogen) atoms. The Morgan fingerprint density at radius 3 is 2.43 bits per heavy atom. The number of nitrogens with zero attached hydrogens (tertiary/aromatic N) is 1. The molecule has 0 aromatic rings. The largest absolute Gasteiger partial charge is 0.385 e. The number of carbonyl (C=O) groups excluding carboxylic acids is 2. The van der Waals surface area contributed by atoms with E-state index in [2.05, 4.69) is 5.32 Å². The quantitative estimate of drug-likeness (QED) is 0.551. The second-order valence-electron chi connectivity index (χ2n) is 5.80. The highest BCUT2D eigenvalue weighted by Gasteiger charge is 2.22. The Kier molecular flexibility index (Phi) is 9.06. The van der Waals surface area contributed by atoms with Gasteiger partial charge in [-0.2, -0.15) is 0 Å². The lowest BCUT2D eigenvalue weighted by molar-refractivity contribution is -0.132. The minimum Gasteiger partial charge on any atom is -0.385 e. The van der Waals surface area contributed by atoms with Crippen LogP contribution in [0.1, 0.15) is 58.3 Å². The van der Waals surface area contributed by atoms with Crippen LogP contribution in [0.25, 0.3) is 0 Å². The van der Waals surface area contributed by atoms with Crippen LogP contribution in [-0.2, 0) is 14.3 Å². The van der Waals surface area contributed by atoms with Crippen LogP contribution in [0.4, 0.5) is 0 Å². The third-order valence-electron chi connectivity index (χ3n) is 4.10. The van der Waals surface area contributed by atoms with E-state index in [1.54, 1.807) is 14.0 Å². The molecule has 5 heteroatoms. The molecule has 1 aliphatic carbocycles. The number of hydrogen-bond acceptors (Lipinski definition) is 3. The fourth-order valence-electron chi connectivity index (χ4n) is 2.92. The van der Waals surface area contributed by atoms with Gasteiger partial charge >= 0.3 is 0 Å². The number of ether oxygens (including phenoxy) is 1. The maximum atomic E-state index is 11.8. The second kappa shape index (κ2) is 10.6. The molecule has 1 fully saturated rings. The van der Waals surface area contributed by atoms with Gasteiger partial charge in [-0.15, -0.1) is 0 Å². The van der Waals surface area contributed by atoms with Crippen LogP contribution in [-0.4, -0.2) is 49.6 Å². The molecule has 0 aromatic carbocycles. The van der Waals surface area contributed by atoms with Crippen molar-refractivity contribution in [2.45, 2.75) is 64.3 Å². The van der Waals surface area contributed by atoms with Gasteiger partial charge in [0.15, 0.2) is 0 Å². The van der Waals surface area contributed by atoms with Crippen LogP contribution in [0.5, 0.6) is 0 Å². The van der Waals surface area contributed by atoms with Gasteiger partial charge in [0.25, 0.3) is 0 Å².